The molecule has 9 nitrogen and oxygen atoms in total. The molecule has 3 rings (SSSR count). The Morgan fingerprint density at radius 1 is 1.17 bits per heavy atom. The molecule has 0 aromatic heterocycles. The molecular weight excluding hydrogens is 446 g/mol. The normalized spacial score (nSPS) is 21.3. The molecule has 1 fully saturated rings. The largest absolute Gasteiger partial charge is 0.463 e. The van der Waals surface area contributed by atoms with Crippen LogP contribution in [0.3, 0.4) is 0 Å². The van der Waals surface area contributed by atoms with Crippen LogP contribution in [0.4, 0.5) is 9.59 Å². The zero-order valence-corrected chi connectivity index (χ0v) is 21.8. The van der Waals surface area contributed by atoms with Crippen molar-refractivity contribution in [2.45, 2.75) is 52.6 Å². The highest BCUT2D eigenvalue weighted by Gasteiger charge is 2.38. The zero-order valence-electron chi connectivity index (χ0n) is 21.8. The predicted octanol–water partition coefficient (Wildman–Crippen LogP) is 3.06. The second kappa shape index (κ2) is 11.6. The van der Waals surface area contributed by atoms with E-state index in [4.69, 9.17) is 4.74 Å². The number of carbonyl (C=O) groups is 3. The van der Waals surface area contributed by atoms with E-state index in [1.165, 1.54) is 10.5 Å². The highest BCUT2D eigenvalue weighted by atomic mass is 16.5. The van der Waals surface area contributed by atoms with Crippen LogP contribution in [0.5, 0.6) is 0 Å². The first kappa shape index (κ1) is 26.5. The van der Waals surface area contributed by atoms with E-state index >= 15 is 0 Å². The Labute approximate surface area is 208 Å². The Kier molecular flexibility index (Phi) is 8.77. The van der Waals surface area contributed by atoms with Crippen LogP contribution in [0.15, 0.2) is 35.5 Å². The maximum Gasteiger partial charge on any atom is 0.338 e. The lowest BCUT2D eigenvalue weighted by Crippen LogP contribution is -2.57. The van der Waals surface area contributed by atoms with Crippen LogP contribution in [-0.2, 0) is 9.53 Å². The summed E-state index contributed by atoms with van der Waals surface area (Å²) in [6, 6.07) is 7.09. The maximum atomic E-state index is 13.2. The lowest BCUT2D eigenvalue weighted by Gasteiger charge is -2.42. The number of amides is 4. The van der Waals surface area contributed by atoms with E-state index in [9.17, 15) is 14.4 Å². The Balaban J connectivity index is 1.93. The Morgan fingerprint density at radius 3 is 2.43 bits per heavy atom. The summed E-state index contributed by atoms with van der Waals surface area (Å²) in [5, 5.41) is 5.84. The van der Waals surface area contributed by atoms with E-state index in [1.54, 1.807) is 14.0 Å². The summed E-state index contributed by atoms with van der Waals surface area (Å²) >= 11 is 0. The van der Waals surface area contributed by atoms with Crippen molar-refractivity contribution in [1.82, 2.24) is 25.3 Å². The molecule has 9 heteroatoms. The van der Waals surface area contributed by atoms with Crippen LogP contribution in [-0.4, -0.2) is 85.2 Å². The number of hydrogen-bond acceptors (Lipinski definition) is 5. The van der Waals surface area contributed by atoms with Gasteiger partial charge in [0.1, 0.15) is 0 Å². The van der Waals surface area contributed by atoms with Gasteiger partial charge < -0.3 is 20.3 Å². The average Bonchev–Trinajstić information content (AvgIpc) is 2.82. The van der Waals surface area contributed by atoms with E-state index in [0.29, 0.717) is 49.9 Å². The van der Waals surface area contributed by atoms with E-state index in [2.05, 4.69) is 29.4 Å². The molecule has 2 aliphatic rings. The molecule has 0 unspecified atom stereocenters. The van der Waals surface area contributed by atoms with Gasteiger partial charge in [-0.1, -0.05) is 38.1 Å². The molecule has 0 radical (unpaired) electrons. The number of nitrogens with zero attached hydrogens (tertiary/aromatic N) is 3. The van der Waals surface area contributed by atoms with Gasteiger partial charge in [0, 0.05) is 51.5 Å². The van der Waals surface area contributed by atoms with Crippen LogP contribution >= 0.6 is 0 Å². The standard InChI is InChI=1S/C26H39N5O4/c1-7-27-25(33)31-14-13-30(15-18(31)5)16-21-22(24(32)35-8-2)23(28-26(34)29(21)6)20-11-9-19(10-12-20)17(3)4/h9-12,17-18,23H,7-8,13-16H2,1-6H3,(H,27,33)(H,28,34)/t18-,23-/m0/s1. The molecule has 2 heterocycles. The minimum absolute atomic E-state index is 0.00374. The summed E-state index contributed by atoms with van der Waals surface area (Å²) < 4.78 is 5.44. The number of nitrogens with one attached hydrogen (secondary N) is 2. The van der Waals surface area contributed by atoms with Gasteiger partial charge in [-0.2, -0.15) is 0 Å². The minimum Gasteiger partial charge on any atom is -0.463 e. The smallest absolute Gasteiger partial charge is 0.338 e. The molecule has 192 valence electrons. The quantitative estimate of drug-likeness (QED) is 0.579. The number of ether oxygens (including phenoxy) is 1. The molecule has 0 bridgehead atoms. The van der Waals surface area contributed by atoms with Crippen LogP contribution in [0.1, 0.15) is 57.7 Å². The maximum absolute atomic E-state index is 13.2. The predicted molar refractivity (Wildman–Crippen MR) is 135 cm³/mol. The van der Waals surface area contributed by atoms with Gasteiger partial charge >= 0.3 is 18.0 Å². The van der Waals surface area contributed by atoms with Crippen molar-refractivity contribution in [3.63, 3.8) is 0 Å². The van der Waals surface area contributed by atoms with Gasteiger partial charge in [0.25, 0.3) is 0 Å². The molecule has 4 amide bonds. The van der Waals surface area contributed by atoms with Crippen molar-refractivity contribution in [1.29, 1.82) is 0 Å². The molecule has 1 aromatic rings. The van der Waals surface area contributed by atoms with Crippen molar-refractivity contribution < 1.29 is 19.1 Å². The van der Waals surface area contributed by atoms with E-state index < -0.39 is 12.0 Å². The first-order chi connectivity index (χ1) is 16.7. The van der Waals surface area contributed by atoms with Gasteiger partial charge in [-0.15, -0.1) is 0 Å². The third-order valence-electron chi connectivity index (χ3n) is 6.68. The van der Waals surface area contributed by atoms with Gasteiger partial charge in [0.2, 0.25) is 0 Å². The number of rotatable bonds is 7. The fourth-order valence-corrected chi connectivity index (χ4v) is 4.66. The topological polar surface area (TPSA) is 94.2 Å². The molecule has 0 spiro atoms. The van der Waals surface area contributed by atoms with Gasteiger partial charge in [-0.25, -0.2) is 14.4 Å². The Hall–Kier alpha value is -3.07. The second-order valence-corrected chi connectivity index (χ2v) is 9.46. The van der Waals surface area contributed by atoms with Crippen LogP contribution in [0, 0.1) is 0 Å². The number of urea groups is 2. The number of piperazine rings is 1. The molecule has 35 heavy (non-hydrogen) atoms. The molecule has 2 atom stereocenters. The molecule has 1 aromatic carbocycles. The van der Waals surface area contributed by atoms with Crippen LogP contribution in [0.2, 0.25) is 0 Å². The number of esters is 1. The van der Waals surface area contributed by atoms with Crippen molar-refractivity contribution in [2.24, 2.45) is 0 Å². The van der Waals surface area contributed by atoms with Crippen molar-refractivity contribution in [2.75, 3.05) is 46.4 Å². The fourth-order valence-electron chi connectivity index (χ4n) is 4.66. The summed E-state index contributed by atoms with van der Waals surface area (Å²) in [5.41, 5.74) is 3.11. The second-order valence-electron chi connectivity index (χ2n) is 9.46. The third-order valence-corrected chi connectivity index (χ3v) is 6.68. The van der Waals surface area contributed by atoms with Gasteiger partial charge in [0.15, 0.2) is 0 Å². The number of hydrogen-bond donors (Lipinski definition) is 2. The lowest BCUT2D eigenvalue weighted by molar-refractivity contribution is -0.139. The number of carbonyl (C=O) groups excluding carboxylic acids is 3. The van der Waals surface area contributed by atoms with E-state index in [0.717, 1.165) is 5.56 Å². The first-order valence-electron chi connectivity index (χ1n) is 12.5. The van der Waals surface area contributed by atoms with Gasteiger partial charge in [-0.3, -0.25) is 9.80 Å². The van der Waals surface area contributed by atoms with Crippen molar-refractivity contribution >= 4 is 18.0 Å². The molecule has 0 aliphatic carbocycles. The van der Waals surface area contributed by atoms with Crippen LogP contribution < -0.4 is 10.6 Å². The van der Waals surface area contributed by atoms with Crippen molar-refractivity contribution in [3.8, 4) is 0 Å². The highest BCUT2D eigenvalue weighted by Crippen LogP contribution is 2.32. The molecular formula is C26H39N5O4. The third kappa shape index (κ3) is 5.96. The summed E-state index contributed by atoms with van der Waals surface area (Å²) in [4.78, 5) is 44.0. The monoisotopic (exact) mass is 485 g/mol. The molecule has 1 saturated heterocycles. The molecule has 2 aliphatic heterocycles. The Bertz CT molecular complexity index is 959. The van der Waals surface area contributed by atoms with Crippen LogP contribution in [0.25, 0.3) is 0 Å². The lowest BCUT2D eigenvalue weighted by atomic mass is 9.92. The van der Waals surface area contributed by atoms with Gasteiger partial charge in [-0.05, 0) is 37.8 Å². The number of benzene rings is 1. The SMILES string of the molecule is CCNC(=O)N1CCN(CC2=C(C(=O)OCC)[C@H](c3ccc(C(C)C)cc3)NC(=O)N2C)C[C@@H]1C. The van der Waals surface area contributed by atoms with Crippen molar-refractivity contribution in [3.05, 3.63) is 46.7 Å². The first-order valence-corrected chi connectivity index (χ1v) is 12.5. The Morgan fingerprint density at radius 2 is 1.86 bits per heavy atom. The molecule has 2 N–H and O–H groups in total. The minimum atomic E-state index is -0.594. The number of likely N-dealkylation sites (N-methyl/N-ethyl adjacent to an activating group) is 1. The van der Waals surface area contributed by atoms with Gasteiger partial charge in [0.05, 0.1) is 18.2 Å². The zero-order chi connectivity index (χ0) is 25.7. The summed E-state index contributed by atoms with van der Waals surface area (Å²) in [5.74, 6) is -0.0480. The highest BCUT2D eigenvalue weighted by molar-refractivity contribution is 5.95. The van der Waals surface area contributed by atoms with E-state index in [1.807, 2.05) is 43.0 Å². The summed E-state index contributed by atoms with van der Waals surface area (Å²) in [6.07, 6.45) is 0. The fraction of sp³-hybridized carbons (Fsp3) is 0.577. The average molecular weight is 486 g/mol. The summed E-state index contributed by atoms with van der Waals surface area (Å²) in [7, 11) is 1.68. The summed E-state index contributed by atoms with van der Waals surface area (Å²) in [6.45, 7) is 13.0. The molecule has 0 saturated carbocycles. The van der Waals surface area contributed by atoms with E-state index in [-0.39, 0.29) is 24.7 Å².